The van der Waals surface area contributed by atoms with Crippen LogP contribution in [0.25, 0.3) is 11.5 Å². The minimum absolute atomic E-state index is 0.477. The molecule has 6 heteroatoms. The van der Waals surface area contributed by atoms with E-state index in [0.29, 0.717) is 22.4 Å². The molecule has 0 atom stereocenters. The number of anilines is 1. The molecule has 0 saturated heterocycles. The van der Waals surface area contributed by atoms with Gasteiger partial charge in [0.05, 0.1) is 16.5 Å². The van der Waals surface area contributed by atoms with Gasteiger partial charge in [0.2, 0.25) is 0 Å². The molecule has 0 fully saturated rings. The Morgan fingerprint density at radius 2 is 2.28 bits per heavy atom. The normalized spacial score (nSPS) is 10.8. The molecule has 4 nitrogen and oxygen atoms in total. The van der Waals surface area contributed by atoms with Gasteiger partial charge >= 0.3 is 0 Å². The number of rotatable bonds is 5. The van der Waals surface area contributed by atoms with E-state index in [4.69, 9.17) is 21.9 Å². The minimum atomic E-state index is 0.477. The lowest BCUT2D eigenvalue weighted by Crippen LogP contribution is -1.88. The molecule has 0 aliphatic heterocycles. The Labute approximate surface area is 115 Å². The van der Waals surface area contributed by atoms with Crippen LogP contribution >= 0.6 is 23.4 Å². The van der Waals surface area contributed by atoms with Gasteiger partial charge in [-0.2, -0.15) is 16.7 Å². The number of halogens is 1. The molecule has 18 heavy (non-hydrogen) atoms. The van der Waals surface area contributed by atoms with Crippen molar-refractivity contribution in [1.29, 1.82) is 0 Å². The maximum atomic E-state index is 5.86. The molecule has 1 aromatic heterocycles. The Hall–Kier alpha value is -1.20. The maximum Gasteiger partial charge on any atom is 0.258 e. The topological polar surface area (TPSA) is 64.9 Å². The van der Waals surface area contributed by atoms with Crippen molar-refractivity contribution < 1.29 is 4.52 Å². The summed E-state index contributed by atoms with van der Waals surface area (Å²) in [4.78, 5) is 4.33. The second-order valence-corrected chi connectivity index (χ2v) is 5.32. The first-order chi connectivity index (χ1) is 8.70. The van der Waals surface area contributed by atoms with Gasteiger partial charge < -0.3 is 10.3 Å². The maximum absolute atomic E-state index is 5.86. The van der Waals surface area contributed by atoms with E-state index in [-0.39, 0.29) is 0 Å². The fourth-order valence-corrected chi connectivity index (χ4v) is 2.26. The number of thioether (sulfide) groups is 1. The van der Waals surface area contributed by atoms with Crippen LogP contribution in [-0.2, 0) is 5.75 Å². The number of nitrogen functional groups attached to an aromatic ring is 1. The number of nitrogens with two attached hydrogens (primary N) is 1. The molecule has 1 heterocycles. The molecule has 2 rings (SSSR count). The van der Waals surface area contributed by atoms with Crippen LogP contribution in [-0.4, -0.2) is 15.9 Å². The zero-order valence-electron chi connectivity index (χ0n) is 10.0. The van der Waals surface area contributed by atoms with Crippen molar-refractivity contribution in [3.05, 3.63) is 29.0 Å². The third-order valence-electron chi connectivity index (χ3n) is 2.29. The van der Waals surface area contributed by atoms with E-state index in [1.54, 1.807) is 23.9 Å². The van der Waals surface area contributed by atoms with Crippen LogP contribution in [0.1, 0.15) is 19.2 Å². The molecule has 0 spiro atoms. The van der Waals surface area contributed by atoms with Crippen molar-refractivity contribution in [2.75, 3.05) is 11.5 Å². The van der Waals surface area contributed by atoms with Gasteiger partial charge in [-0.3, -0.25) is 0 Å². The van der Waals surface area contributed by atoms with Crippen LogP contribution in [0.2, 0.25) is 5.02 Å². The SMILES string of the molecule is CCCSCc1noc(-c2ccc(Cl)c(N)c2)n1. The molecule has 0 bridgehead atoms. The highest BCUT2D eigenvalue weighted by Crippen LogP contribution is 2.26. The van der Waals surface area contributed by atoms with Gasteiger partial charge in [0.15, 0.2) is 5.82 Å². The highest BCUT2D eigenvalue weighted by Gasteiger charge is 2.09. The third kappa shape index (κ3) is 3.17. The molecule has 0 saturated carbocycles. The van der Waals surface area contributed by atoms with E-state index in [0.717, 1.165) is 23.5 Å². The predicted molar refractivity (Wildman–Crippen MR) is 75.6 cm³/mol. The average Bonchev–Trinajstić information content (AvgIpc) is 2.82. The first-order valence-corrected chi connectivity index (χ1v) is 7.19. The summed E-state index contributed by atoms with van der Waals surface area (Å²) < 4.78 is 5.20. The monoisotopic (exact) mass is 283 g/mol. The molecule has 0 aliphatic rings. The number of nitrogens with zero attached hydrogens (tertiary/aromatic N) is 2. The summed E-state index contributed by atoms with van der Waals surface area (Å²) in [6.45, 7) is 2.14. The van der Waals surface area contributed by atoms with Crippen LogP contribution in [0.5, 0.6) is 0 Å². The standard InChI is InChI=1S/C12H14ClN3OS/c1-2-5-18-7-11-15-12(17-16-11)8-3-4-9(13)10(14)6-8/h3-4,6H,2,5,7,14H2,1H3. The van der Waals surface area contributed by atoms with Crippen molar-refractivity contribution in [3.63, 3.8) is 0 Å². The molecule has 96 valence electrons. The number of hydrogen-bond acceptors (Lipinski definition) is 5. The smallest absolute Gasteiger partial charge is 0.258 e. The summed E-state index contributed by atoms with van der Waals surface area (Å²) in [5, 5.41) is 4.46. The summed E-state index contributed by atoms with van der Waals surface area (Å²) >= 11 is 7.65. The third-order valence-corrected chi connectivity index (χ3v) is 3.79. The summed E-state index contributed by atoms with van der Waals surface area (Å²) in [5.74, 6) is 3.04. The Kier molecular flexibility index (Phi) is 4.49. The minimum Gasteiger partial charge on any atom is -0.398 e. The van der Waals surface area contributed by atoms with Crippen molar-refractivity contribution >= 4 is 29.1 Å². The van der Waals surface area contributed by atoms with Gasteiger partial charge in [-0.15, -0.1) is 0 Å². The van der Waals surface area contributed by atoms with E-state index in [1.807, 2.05) is 6.07 Å². The molecule has 0 amide bonds. The van der Waals surface area contributed by atoms with Crippen molar-refractivity contribution in [3.8, 4) is 11.5 Å². The number of benzene rings is 1. The molecular weight excluding hydrogens is 270 g/mol. The van der Waals surface area contributed by atoms with E-state index < -0.39 is 0 Å². The van der Waals surface area contributed by atoms with Gasteiger partial charge in [0.1, 0.15) is 0 Å². The summed E-state index contributed by atoms with van der Waals surface area (Å²) in [6, 6.07) is 5.27. The Morgan fingerprint density at radius 3 is 3.00 bits per heavy atom. The van der Waals surface area contributed by atoms with E-state index >= 15 is 0 Å². The molecule has 0 unspecified atom stereocenters. The number of aromatic nitrogens is 2. The highest BCUT2D eigenvalue weighted by atomic mass is 35.5. The van der Waals surface area contributed by atoms with Crippen LogP contribution < -0.4 is 5.73 Å². The Bertz CT molecular complexity index is 530. The molecular formula is C12H14ClN3OS. The quantitative estimate of drug-likeness (QED) is 0.671. The molecule has 1 aromatic carbocycles. The van der Waals surface area contributed by atoms with Crippen LogP contribution in [0.3, 0.4) is 0 Å². The van der Waals surface area contributed by atoms with E-state index in [1.165, 1.54) is 0 Å². The zero-order valence-corrected chi connectivity index (χ0v) is 11.6. The lowest BCUT2D eigenvalue weighted by atomic mass is 10.2. The molecule has 2 N–H and O–H groups in total. The predicted octanol–water partition coefficient (Wildman–Crippen LogP) is 3.62. The summed E-state index contributed by atoms with van der Waals surface area (Å²) in [6.07, 6.45) is 1.14. The van der Waals surface area contributed by atoms with Crippen LogP contribution in [0.4, 0.5) is 5.69 Å². The van der Waals surface area contributed by atoms with Crippen molar-refractivity contribution in [2.45, 2.75) is 19.1 Å². The van der Waals surface area contributed by atoms with Gasteiger partial charge in [-0.1, -0.05) is 23.7 Å². The van der Waals surface area contributed by atoms with E-state index in [2.05, 4.69) is 17.1 Å². The second kappa shape index (κ2) is 6.11. The van der Waals surface area contributed by atoms with Gasteiger partial charge in [0.25, 0.3) is 5.89 Å². The van der Waals surface area contributed by atoms with E-state index in [9.17, 15) is 0 Å². The van der Waals surface area contributed by atoms with Crippen molar-refractivity contribution in [2.24, 2.45) is 0 Å². The van der Waals surface area contributed by atoms with Crippen LogP contribution in [0.15, 0.2) is 22.7 Å². The molecule has 0 aliphatic carbocycles. The van der Waals surface area contributed by atoms with Gasteiger partial charge in [-0.25, -0.2) is 0 Å². The van der Waals surface area contributed by atoms with Crippen LogP contribution in [0, 0.1) is 0 Å². The largest absolute Gasteiger partial charge is 0.398 e. The zero-order chi connectivity index (χ0) is 13.0. The first kappa shape index (κ1) is 13.2. The highest BCUT2D eigenvalue weighted by molar-refractivity contribution is 7.98. The molecule has 2 aromatic rings. The second-order valence-electron chi connectivity index (χ2n) is 3.80. The average molecular weight is 284 g/mol. The summed E-state index contributed by atoms with van der Waals surface area (Å²) in [5.41, 5.74) is 7.03. The van der Waals surface area contributed by atoms with Gasteiger partial charge in [0, 0.05) is 5.56 Å². The lowest BCUT2D eigenvalue weighted by Gasteiger charge is -1.98. The Balaban J connectivity index is 2.11. The summed E-state index contributed by atoms with van der Waals surface area (Å²) in [7, 11) is 0. The van der Waals surface area contributed by atoms with Gasteiger partial charge in [-0.05, 0) is 30.4 Å². The van der Waals surface area contributed by atoms with Crippen molar-refractivity contribution in [1.82, 2.24) is 10.1 Å². The fraction of sp³-hybridized carbons (Fsp3) is 0.333. The number of hydrogen-bond donors (Lipinski definition) is 1. The first-order valence-electron chi connectivity index (χ1n) is 5.66. The molecule has 0 radical (unpaired) electrons. The lowest BCUT2D eigenvalue weighted by molar-refractivity contribution is 0.425. The fourth-order valence-electron chi connectivity index (χ4n) is 1.41. The Morgan fingerprint density at radius 1 is 1.44 bits per heavy atom.